The number of halogens is 6. The van der Waals surface area contributed by atoms with Gasteiger partial charge in [-0.1, -0.05) is 91.0 Å². The molecule has 1 spiro atoms. The summed E-state index contributed by atoms with van der Waals surface area (Å²) in [5.74, 6) is 0. The molecular formula is C38H23F6N3. The van der Waals surface area contributed by atoms with Gasteiger partial charge >= 0.3 is 12.4 Å². The highest BCUT2D eigenvalue weighted by atomic mass is 19.4. The zero-order valence-electron chi connectivity index (χ0n) is 24.4. The quantitative estimate of drug-likeness (QED) is 0.176. The van der Waals surface area contributed by atoms with Crippen LogP contribution in [0.15, 0.2) is 140 Å². The van der Waals surface area contributed by atoms with Gasteiger partial charge in [-0.05, 0) is 70.8 Å². The molecular weight excluding hydrogens is 612 g/mol. The van der Waals surface area contributed by atoms with Crippen molar-refractivity contribution in [3.05, 3.63) is 173 Å². The van der Waals surface area contributed by atoms with Crippen molar-refractivity contribution in [1.29, 1.82) is 0 Å². The van der Waals surface area contributed by atoms with Crippen molar-refractivity contribution >= 4 is 34.1 Å². The maximum atomic E-state index is 14.0. The Labute approximate surface area is 266 Å². The van der Waals surface area contributed by atoms with E-state index in [0.717, 1.165) is 28.2 Å². The minimum atomic E-state index is -5.10. The van der Waals surface area contributed by atoms with Crippen molar-refractivity contribution in [3.8, 4) is 0 Å². The SMILES string of the molecule is FC(F)(F)c1cc(N2c3ccccc3C3(c4ccccc4N(c4ccccc4)c4ccccc43)c3ccccc32)cc(C(F)(F)F)n1. The number of benzene rings is 5. The Morgan fingerprint density at radius 1 is 0.404 bits per heavy atom. The van der Waals surface area contributed by atoms with E-state index in [1.807, 2.05) is 103 Å². The van der Waals surface area contributed by atoms with Crippen molar-refractivity contribution in [1.82, 2.24) is 4.98 Å². The van der Waals surface area contributed by atoms with Crippen LogP contribution in [0.5, 0.6) is 0 Å². The zero-order chi connectivity index (χ0) is 32.6. The third kappa shape index (κ3) is 4.26. The number of fused-ring (bicyclic) bond motifs is 8. The van der Waals surface area contributed by atoms with Crippen LogP contribution in [0.25, 0.3) is 0 Å². The van der Waals surface area contributed by atoms with E-state index >= 15 is 0 Å². The van der Waals surface area contributed by atoms with Crippen LogP contribution in [0, 0.1) is 0 Å². The molecule has 0 radical (unpaired) electrons. The Morgan fingerprint density at radius 3 is 1.09 bits per heavy atom. The monoisotopic (exact) mass is 635 g/mol. The average Bonchev–Trinajstić information content (AvgIpc) is 3.08. The molecule has 0 saturated heterocycles. The molecule has 3 nitrogen and oxygen atoms in total. The van der Waals surface area contributed by atoms with Crippen LogP contribution in [-0.4, -0.2) is 4.98 Å². The lowest BCUT2D eigenvalue weighted by Crippen LogP contribution is -2.42. The summed E-state index contributed by atoms with van der Waals surface area (Å²) in [4.78, 5) is 6.65. The average molecular weight is 636 g/mol. The molecule has 0 saturated carbocycles. The minimum Gasteiger partial charge on any atom is -0.310 e. The number of aromatic nitrogens is 1. The van der Waals surface area contributed by atoms with Crippen LogP contribution < -0.4 is 9.80 Å². The Balaban J connectivity index is 1.48. The molecule has 1 aromatic heterocycles. The van der Waals surface area contributed by atoms with E-state index in [0.29, 0.717) is 34.6 Å². The molecule has 2 aliphatic heterocycles. The predicted molar refractivity (Wildman–Crippen MR) is 169 cm³/mol. The maximum Gasteiger partial charge on any atom is 0.433 e. The van der Waals surface area contributed by atoms with Crippen LogP contribution in [-0.2, 0) is 17.8 Å². The minimum absolute atomic E-state index is 0.294. The second-order valence-corrected chi connectivity index (χ2v) is 11.4. The topological polar surface area (TPSA) is 19.4 Å². The Hall–Kier alpha value is -5.57. The van der Waals surface area contributed by atoms with Gasteiger partial charge in [-0.2, -0.15) is 26.3 Å². The molecule has 0 aliphatic carbocycles. The summed E-state index contributed by atoms with van der Waals surface area (Å²) in [6.07, 6.45) is -10.2. The molecule has 8 rings (SSSR count). The van der Waals surface area contributed by atoms with Crippen molar-refractivity contribution in [2.75, 3.05) is 9.80 Å². The van der Waals surface area contributed by atoms with Crippen molar-refractivity contribution in [2.24, 2.45) is 0 Å². The van der Waals surface area contributed by atoms with Crippen LogP contribution in [0.3, 0.4) is 0 Å². The maximum absolute atomic E-state index is 14.0. The zero-order valence-corrected chi connectivity index (χ0v) is 24.4. The lowest BCUT2D eigenvalue weighted by Gasteiger charge is -2.51. The van der Waals surface area contributed by atoms with Crippen LogP contribution in [0.1, 0.15) is 33.6 Å². The molecule has 0 bridgehead atoms. The fourth-order valence-electron chi connectivity index (χ4n) is 7.14. The van der Waals surface area contributed by atoms with E-state index in [-0.39, 0.29) is 5.69 Å². The normalized spacial score (nSPS) is 14.7. The fourth-order valence-corrected chi connectivity index (χ4v) is 7.14. The van der Waals surface area contributed by atoms with Gasteiger partial charge in [-0.25, -0.2) is 4.98 Å². The van der Waals surface area contributed by atoms with Gasteiger partial charge in [-0.3, -0.25) is 0 Å². The fraction of sp³-hybridized carbons (Fsp3) is 0.0789. The number of alkyl halides is 6. The summed E-state index contributed by atoms with van der Waals surface area (Å²) in [6.45, 7) is 0. The van der Waals surface area contributed by atoms with E-state index < -0.39 is 29.2 Å². The summed E-state index contributed by atoms with van der Waals surface area (Å²) >= 11 is 0. The molecule has 0 amide bonds. The second kappa shape index (κ2) is 10.2. The van der Waals surface area contributed by atoms with E-state index in [9.17, 15) is 26.3 Å². The second-order valence-electron chi connectivity index (χ2n) is 11.4. The Kier molecular flexibility index (Phi) is 6.28. The molecule has 47 heavy (non-hydrogen) atoms. The standard InChI is InChI=1S/C38H23F6N3/c39-37(40,41)34-22-25(23-35(45-34)38(42,43)44)47-32-20-10-6-16-28(32)36(29-17-7-11-21-33(29)47)26-14-4-8-18-30(26)46(24-12-2-1-3-13-24)31-19-9-5-15-27(31)36/h1-23H. The molecule has 0 unspecified atom stereocenters. The van der Waals surface area contributed by atoms with Gasteiger partial charge in [0.05, 0.1) is 33.9 Å². The van der Waals surface area contributed by atoms with Crippen molar-refractivity contribution in [3.63, 3.8) is 0 Å². The van der Waals surface area contributed by atoms with Gasteiger partial charge in [0.1, 0.15) is 11.4 Å². The van der Waals surface area contributed by atoms with Gasteiger partial charge in [-0.15, -0.1) is 0 Å². The first-order valence-corrected chi connectivity index (χ1v) is 14.8. The number of anilines is 6. The van der Waals surface area contributed by atoms with Crippen LogP contribution in [0.2, 0.25) is 0 Å². The predicted octanol–water partition coefficient (Wildman–Crippen LogP) is 11.1. The highest BCUT2D eigenvalue weighted by Crippen LogP contribution is 2.64. The number of nitrogens with zero attached hydrogens (tertiary/aromatic N) is 3. The lowest BCUT2D eigenvalue weighted by molar-refractivity contribution is -0.150. The molecule has 6 aromatic rings. The summed E-state index contributed by atoms with van der Waals surface area (Å²) in [5.41, 5.74) is 2.41. The van der Waals surface area contributed by atoms with Crippen LogP contribution >= 0.6 is 0 Å². The van der Waals surface area contributed by atoms with E-state index in [4.69, 9.17) is 0 Å². The van der Waals surface area contributed by atoms with Gasteiger partial charge in [0.15, 0.2) is 0 Å². The first kappa shape index (κ1) is 28.9. The van der Waals surface area contributed by atoms with E-state index in [1.165, 1.54) is 4.90 Å². The molecule has 2 aliphatic rings. The molecule has 5 aromatic carbocycles. The Bertz CT molecular complexity index is 2030. The number of pyridine rings is 1. The first-order valence-electron chi connectivity index (χ1n) is 14.8. The molecule has 232 valence electrons. The van der Waals surface area contributed by atoms with E-state index in [1.54, 1.807) is 24.3 Å². The smallest absolute Gasteiger partial charge is 0.310 e. The van der Waals surface area contributed by atoms with Crippen LogP contribution in [0.4, 0.5) is 60.5 Å². The van der Waals surface area contributed by atoms with Gasteiger partial charge in [0.25, 0.3) is 0 Å². The highest BCUT2D eigenvalue weighted by molar-refractivity contribution is 5.96. The third-order valence-electron chi connectivity index (χ3n) is 8.86. The van der Waals surface area contributed by atoms with Gasteiger partial charge < -0.3 is 9.80 Å². The highest BCUT2D eigenvalue weighted by Gasteiger charge is 2.52. The summed E-state index contributed by atoms with van der Waals surface area (Å²) in [6, 6.07) is 41.7. The third-order valence-corrected chi connectivity index (χ3v) is 8.86. The molecule has 0 N–H and O–H groups in total. The summed E-state index contributed by atoms with van der Waals surface area (Å²) < 4.78 is 84.2. The number of hydrogen-bond donors (Lipinski definition) is 0. The number of rotatable bonds is 2. The first-order chi connectivity index (χ1) is 22.6. The molecule has 3 heterocycles. The van der Waals surface area contributed by atoms with Gasteiger partial charge in [0, 0.05) is 5.69 Å². The summed E-state index contributed by atoms with van der Waals surface area (Å²) in [5, 5.41) is 0. The van der Waals surface area contributed by atoms with E-state index in [2.05, 4.69) is 9.88 Å². The van der Waals surface area contributed by atoms with Crippen molar-refractivity contribution in [2.45, 2.75) is 17.8 Å². The summed E-state index contributed by atoms with van der Waals surface area (Å²) in [7, 11) is 0. The van der Waals surface area contributed by atoms with Gasteiger partial charge in [0.2, 0.25) is 0 Å². The molecule has 0 atom stereocenters. The lowest BCUT2D eigenvalue weighted by atomic mass is 9.60. The number of para-hydroxylation sites is 5. The molecule has 0 fully saturated rings. The van der Waals surface area contributed by atoms with Crippen molar-refractivity contribution < 1.29 is 26.3 Å². The number of hydrogen-bond acceptors (Lipinski definition) is 3. The Morgan fingerprint density at radius 2 is 0.723 bits per heavy atom. The molecule has 9 heteroatoms. The largest absolute Gasteiger partial charge is 0.433 e.